The molecular formula is C21H17Cl2FN6S. The summed E-state index contributed by atoms with van der Waals surface area (Å²) in [5.74, 6) is 0.666. The highest BCUT2D eigenvalue weighted by atomic mass is 35.5. The molecule has 0 amide bonds. The molecule has 31 heavy (non-hydrogen) atoms. The molecule has 2 heterocycles. The van der Waals surface area contributed by atoms with Crippen LogP contribution in [0.5, 0.6) is 0 Å². The standard InChI is InChI=1S/C21H17Cl2FN6S/c22-17-7-2-1-5-15(17)12-29-9-8-19(27-29)25-21(31)26-20-18(23)13-30(28-20)11-14-4-3-6-16(24)10-14/h1-10,13H,11-12H2,(H2,25,26,27,28,31). The molecule has 0 unspecified atom stereocenters. The molecule has 4 aromatic rings. The van der Waals surface area contributed by atoms with Crippen LogP contribution < -0.4 is 10.6 Å². The minimum Gasteiger partial charge on any atom is -0.316 e. The molecule has 0 saturated carbocycles. The molecule has 10 heteroatoms. The molecule has 0 atom stereocenters. The van der Waals surface area contributed by atoms with Crippen LogP contribution in [0.25, 0.3) is 0 Å². The van der Waals surface area contributed by atoms with Crippen LogP contribution in [0.3, 0.4) is 0 Å². The van der Waals surface area contributed by atoms with Crippen LogP contribution in [0.2, 0.25) is 10.0 Å². The van der Waals surface area contributed by atoms with Crippen molar-refractivity contribution in [1.82, 2.24) is 19.6 Å². The van der Waals surface area contributed by atoms with Gasteiger partial charge < -0.3 is 10.6 Å². The van der Waals surface area contributed by atoms with Crippen LogP contribution in [0.1, 0.15) is 11.1 Å². The van der Waals surface area contributed by atoms with E-state index in [-0.39, 0.29) is 5.82 Å². The molecule has 2 N–H and O–H groups in total. The zero-order valence-corrected chi connectivity index (χ0v) is 18.4. The maximum Gasteiger partial charge on any atom is 0.177 e. The monoisotopic (exact) mass is 474 g/mol. The average molecular weight is 475 g/mol. The lowest BCUT2D eigenvalue weighted by molar-refractivity contribution is 0.619. The van der Waals surface area contributed by atoms with Gasteiger partial charge in [-0.2, -0.15) is 10.2 Å². The second-order valence-corrected chi connectivity index (χ2v) is 7.94. The number of hydrogen-bond acceptors (Lipinski definition) is 3. The summed E-state index contributed by atoms with van der Waals surface area (Å²) in [6.07, 6.45) is 3.48. The van der Waals surface area contributed by atoms with Gasteiger partial charge in [0.1, 0.15) is 10.8 Å². The number of nitrogens with one attached hydrogen (secondary N) is 2. The van der Waals surface area contributed by atoms with Crippen molar-refractivity contribution in [3.8, 4) is 0 Å². The fourth-order valence-electron chi connectivity index (χ4n) is 2.96. The van der Waals surface area contributed by atoms with E-state index in [2.05, 4.69) is 20.8 Å². The van der Waals surface area contributed by atoms with Crippen LogP contribution in [-0.4, -0.2) is 24.7 Å². The van der Waals surface area contributed by atoms with Gasteiger partial charge in [0.05, 0.1) is 13.1 Å². The SMILES string of the molecule is Fc1cccc(Cn2cc(Cl)c(NC(=S)Nc3ccn(Cc4ccccc4Cl)n3)n2)c1. The van der Waals surface area contributed by atoms with E-state index in [1.807, 2.05) is 36.5 Å². The van der Waals surface area contributed by atoms with Crippen molar-refractivity contribution < 1.29 is 4.39 Å². The van der Waals surface area contributed by atoms with Crippen molar-refractivity contribution in [1.29, 1.82) is 0 Å². The van der Waals surface area contributed by atoms with Gasteiger partial charge >= 0.3 is 0 Å². The zero-order chi connectivity index (χ0) is 21.8. The summed E-state index contributed by atoms with van der Waals surface area (Å²) in [5.41, 5.74) is 1.74. The molecule has 158 valence electrons. The number of benzene rings is 2. The largest absolute Gasteiger partial charge is 0.316 e. The highest BCUT2D eigenvalue weighted by molar-refractivity contribution is 7.80. The highest BCUT2D eigenvalue weighted by Gasteiger charge is 2.11. The molecule has 0 aliphatic carbocycles. The number of nitrogens with zero attached hydrogens (tertiary/aromatic N) is 4. The smallest absolute Gasteiger partial charge is 0.177 e. The van der Waals surface area contributed by atoms with E-state index in [0.717, 1.165) is 11.1 Å². The molecule has 0 spiro atoms. The fourth-order valence-corrected chi connectivity index (χ4v) is 3.55. The van der Waals surface area contributed by atoms with Gasteiger partial charge in [-0.3, -0.25) is 9.36 Å². The minimum absolute atomic E-state index is 0.292. The van der Waals surface area contributed by atoms with E-state index in [9.17, 15) is 4.39 Å². The Kier molecular flexibility index (Phi) is 6.50. The number of thiocarbonyl (C=S) groups is 1. The molecule has 0 radical (unpaired) electrons. The Bertz CT molecular complexity index is 1220. The summed E-state index contributed by atoms with van der Waals surface area (Å²) in [4.78, 5) is 0. The molecule has 0 fully saturated rings. The Morgan fingerprint density at radius 2 is 1.77 bits per heavy atom. The third kappa shape index (κ3) is 5.61. The van der Waals surface area contributed by atoms with Crippen LogP contribution >= 0.6 is 35.4 Å². The predicted molar refractivity (Wildman–Crippen MR) is 125 cm³/mol. The Morgan fingerprint density at radius 1 is 0.935 bits per heavy atom. The molecule has 6 nitrogen and oxygen atoms in total. The van der Waals surface area contributed by atoms with Crippen LogP contribution in [0.15, 0.2) is 67.0 Å². The van der Waals surface area contributed by atoms with Crippen molar-refractivity contribution in [3.63, 3.8) is 0 Å². The summed E-state index contributed by atoms with van der Waals surface area (Å²) in [6.45, 7) is 0.920. The first kappa shape index (κ1) is 21.3. The number of aromatic nitrogens is 4. The quantitative estimate of drug-likeness (QED) is 0.364. The summed E-state index contributed by atoms with van der Waals surface area (Å²) in [5, 5.41) is 16.1. The van der Waals surface area contributed by atoms with Gasteiger partial charge in [-0.1, -0.05) is 53.5 Å². The van der Waals surface area contributed by atoms with Gasteiger partial charge in [0.2, 0.25) is 0 Å². The molecule has 0 bridgehead atoms. The van der Waals surface area contributed by atoms with Crippen molar-refractivity contribution in [2.45, 2.75) is 13.1 Å². The van der Waals surface area contributed by atoms with Gasteiger partial charge in [0, 0.05) is 23.5 Å². The predicted octanol–water partition coefficient (Wildman–Crippen LogP) is 5.43. The maximum absolute atomic E-state index is 13.4. The lowest BCUT2D eigenvalue weighted by Crippen LogP contribution is -2.20. The average Bonchev–Trinajstić information content (AvgIpc) is 3.29. The molecule has 0 aliphatic rings. The van der Waals surface area contributed by atoms with E-state index in [1.54, 1.807) is 27.7 Å². The molecule has 4 rings (SSSR count). The molecule has 0 saturated heterocycles. The third-order valence-corrected chi connectivity index (χ3v) is 5.20. The fraction of sp³-hybridized carbons (Fsp3) is 0.0952. The van der Waals surface area contributed by atoms with E-state index in [0.29, 0.717) is 39.9 Å². The van der Waals surface area contributed by atoms with Gasteiger partial charge in [-0.25, -0.2) is 4.39 Å². The van der Waals surface area contributed by atoms with Gasteiger partial charge in [-0.05, 0) is 41.5 Å². The van der Waals surface area contributed by atoms with Crippen LogP contribution in [0, 0.1) is 5.82 Å². The van der Waals surface area contributed by atoms with E-state index >= 15 is 0 Å². The van der Waals surface area contributed by atoms with Crippen molar-refractivity contribution in [3.05, 3.63) is 94.0 Å². The third-order valence-electron chi connectivity index (χ3n) is 4.36. The zero-order valence-electron chi connectivity index (χ0n) is 16.1. The summed E-state index contributed by atoms with van der Waals surface area (Å²) in [6, 6.07) is 15.7. The van der Waals surface area contributed by atoms with Gasteiger partial charge in [0.15, 0.2) is 16.7 Å². The van der Waals surface area contributed by atoms with Crippen molar-refractivity contribution in [2.24, 2.45) is 0 Å². The molecular weight excluding hydrogens is 458 g/mol. The molecule has 2 aromatic carbocycles. The summed E-state index contributed by atoms with van der Waals surface area (Å²) >= 11 is 17.8. The molecule has 2 aromatic heterocycles. The van der Waals surface area contributed by atoms with E-state index in [4.69, 9.17) is 35.4 Å². The van der Waals surface area contributed by atoms with Crippen molar-refractivity contribution in [2.75, 3.05) is 10.6 Å². The Hall–Kier alpha value is -2.94. The highest BCUT2D eigenvalue weighted by Crippen LogP contribution is 2.21. The lowest BCUT2D eigenvalue weighted by atomic mass is 10.2. The maximum atomic E-state index is 13.4. The summed E-state index contributed by atoms with van der Waals surface area (Å²) < 4.78 is 16.7. The van der Waals surface area contributed by atoms with E-state index < -0.39 is 0 Å². The second kappa shape index (κ2) is 9.47. The Balaban J connectivity index is 1.36. The first-order valence-electron chi connectivity index (χ1n) is 9.28. The first-order chi connectivity index (χ1) is 15.0. The number of hydrogen-bond donors (Lipinski definition) is 2. The minimum atomic E-state index is -0.298. The number of halogens is 3. The summed E-state index contributed by atoms with van der Waals surface area (Å²) in [7, 11) is 0. The Morgan fingerprint density at radius 3 is 2.58 bits per heavy atom. The van der Waals surface area contributed by atoms with E-state index in [1.165, 1.54) is 12.1 Å². The topological polar surface area (TPSA) is 59.7 Å². The van der Waals surface area contributed by atoms with Gasteiger partial charge in [-0.15, -0.1) is 0 Å². The van der Waals surface area contributed by atoms with Crippen LogP contribution in [-0.2, 0) is 13.1 Å². The van der Waals surface area contributed by atoms with Crippen molar-refractivity contribution >= 4 is 52.2 Å². The molecule has 0 aliphatic heterocycles. The first-order valence-corrected chi connectivity index (χ1v) is 10.4. The Labute approximate surface area is 193 Å². The van der Waals surface area contributed by atoms with Gasteiger partial charge in [0.25, 0.3) is 0 Å². The number of anilines is 2. The van der Waals surface area contributed by atoms with Crippen LogP contribution in [0.4, 0.5) is 16.0 Å². The number of rotatable bonds is 6. The second-order valence-electron chi connectivity index (χ2n) is 6.72. The lowest BCUT2D eigenvalue weighted by Gasteiger charge is -2.07. The normalized spacial score (nSPS) is 10.8.